The molecule has 0 saturated heterocycles. The van der Waals surface area contributed by atoms with Crippen molar-refractivity contribution in [1.82, 2.24) is 0 Å². The Kier molecular flexibility index (Phi) is 5.65. The van der Waals surface area contributed by atoms with Crippen LogP contribution in [0.2, 0.25) is 0 Å². The lowest BCUT2D eigenvalue weighted by molar-refractivity contribution is -0.166. The lowest BCUT2D eigenvalue weighted by Gasteiger charge is -2.41. The first kappa shape index (κ1) is 21.6. The van der Waals surface area contributed by atoms with Crippen LogP contribution in [0, 0.1) is 16.7 Å². The SMILES string of the molecule is CC1(C)C(C(=O)O)CCC1(CCCO)C(=O)OCC1c2ccccc2-c2ccccc21. The maximum absolute atomic E-state index is 13.5. The van der Waals surface area contributed by atoms with Crippen LogP contribution in [-0.2, 0) is 14.3 Å². The van der Waals surface area contributed by atoms with Gasteiger partial charge in [-0.05, 0) is 53.4 Å². The van der Waals surface area contributed by atoms with Crippen molar-refractivity contribution in [2.75, 3.05) is 13.2 Å². The second-order valence-corrected chi connectivity index (χ2v) is 9.39. The largest absolute Gasteiger partial charge is 0.481 e. The number of aliphatic carboxylic acids is 1. The third-order valence-corrected chi connectivity index (χ3v) is 7.76. The smallest absolute Gasteiger partial charge is 0.312 e. The molecule has 1 fully saturated rings. The fourth-order valence-electron chi connectivity index (χ4n) is 5.87. The van der Waals surface area contributed by atoms with Gasteiger partial charge in [-0.1, -0.05) is 62.4 Å². The van der Waals surface area contributed by atoms with Crippen LogP contribution in [0.5, 0.6) is 0 Å². The number of rotatable bonds is 7. The molecule has 0 heterocycles. The monoisotopic (exact) mass is 422 g/mol. The molecular formula is C26H30O5. The molecule has 0 spiro atoms. The van der Waals surface area contributed by atoms with Crippen molar-refractivity contribution in [2.24, 2.45) is 16.7 Å². The van der Waals surface area contributed by atoms with Gasteiger partial charge in [-0.3, -0.25) is 9.59 Å². The van der Waals surface area contributed by atoms with Gasteiger partial charge in [0.1, 0.15) is 6.61 Å². The molecule has 5 heteroatoms. The summed E-state index contributed by atoms with van der Waals surface area (Å²) in [6, 6.07) is 16.4. The van der Waals surface area contributed by atoms with Gasteiger partial charge in [0.2, 0.25) is 0 Å². The number of carbonyl (C=O) groups excluding carboxylic acids is 1. The van der Waals surface area contributed by atoms with Crippen LogP contribution in [0.4, 0.5) is 0 Å². The molecule has 2 aliphatic carbocycles. The molecule has 2 atom stereocenters. The Labute approximate surface area is 183 Å². The van der Waals surface area contributed by atoms with Crippen molar-refractivity contribution in [3.05, 3.63) is 59.7 Å². The predicted molar refractivity (Wildman–Crippen MR) is 118 cm³/mol. The number of esters is 1. The van der Waals surface area contributed by atoms with E-state index in [-0.39, 0.29) is 25.1 Å². The summed E-state index contributed by atoms with van der Waals surface area (Å²) in [5.74, 6) is -1.85. The number of carbonyl (C=O) groups is 2. The third kappa shape index (κ3) is 3.35. The minimum atomic E-state index is -0.906. The van der Waals surface area contributed by atoms with Crippen molar-refractivity contribution >= 4 is 11.9 Å². The number of hydrogen-bond acceptors (Lipinski definition) is 4. The van der Waals surface area contributed by atoms with Gasteiger partial charge in [0.25, 0.3) is 0 Å². The van der Waals surface area contributed by atoms with E-state index in [1.807, 2.05) is 38.1 Å². The third-order valence-electron chi connectivity index (χ3n) is 7.76. The first-order chi connectivity index (χ1) is 14.8. The van der Waals surface area contributed by atoms with Crippen LogP contribution in [0.1, 0.15) is 56.6 Å². The van der Waals surface area contributed by atoms with Crippen LogP contribution < -0.4 is 0 Å². The molecule has 0 aromatic heterocycles. The van der Waals surface area contributed by atoms with Crippen molar-refractivity contribution in [2.45, 2.75) is 45.4 Å². The second kappa shape index (κ2) is 8.12. The first-order valence-electron chi connectivity index (χ1n) is 11.0. The summed E-state index contributed by atoms with van der Waals surface area (Å²) < 4.78 is 5.97. The summed E-state index contributed by atoms with van der Waals surface area (Å²) in [7, 11) is 0. The average Bonchev–Trinajstić information content (AvgIpc) is 3.22. The summed E-state index contributed by atoms with van der Waals surface area (Å²) in [4.78, 5) is 25.4. The minimum absolute atomic E-state index is 0.0355. The van der Waals surface area contributed by atoms with Gasteiger partial charge >= 0.3 is 11.9 Å². The summed E-state index contributed by atoms with van der Waals surface area (Å²) in [6.45, 7) is 3.91. The molecule has 5 nitrogen and oxygen atoms in total. The Balaban J connectivity index is 1.60. The highest BCUT2D eigenvalue weighted by Crippen LogP contribution is 2.59. The molecule has 31 heavy (non-hydrogen) atoms. The summed E-state index contributed by atoms with van der Waals surface area (Å²) >= 11 is 0. The number of hydrogen-bond donors (Lipinski definition) is 2. The number of fused-ring (bicyclic) bond motifs is 3. The van der Waals surface area contributed by atoms with Crippen LogP contribution in [0.25, 0.3) is 11.1 Å². The number of ether oxygens (including phenoxy) is 1. The maximum atomic E-state index is 13.5. The van der Waals surface area contributed by atoms with E-state index in [0.29, 0.717) is 25.7 Å². The van der Waals surface area contributed by atoms with Crippen LogP contribution >= 0.6 is 0 Å². The Morgan fingerprint density at radius 2 is 1.61 bits per heavy atom. The van der Waals surface area contributed by atoms with E-state index < -0.39 is 22.7 Å². The minimum Gasteiger partial charge on any atom is -0.481 e. The van der Waals surface area contributed by atoms with Crippen molar-refractivity contribution < 1.29 is 24.5 Å². The zero-order valence-electron chi connectivity index (χ0n) is 18.1. The quantitative estimate of drug-likeness (QED) is 0.636. The number of aliphatic hydroxyl groups excluding tert-OH is 1. The number of carboxylic acid groups (broad SMARTS) is 1. The number of benzene rings is 2. The van der Waals surface area contributed by atoms with Crippen LogP contribution in [0.15, 0.2) is 48.5 Å². The van der Waals surface area contributed by atoms with Crippen molar-refractivity contribution in [3.8, 4) is 11.1 Å². The lowest BCUT2D eigenvalue weighted by atomic mass is 9.62. The number of aliphatic hydroxyl groups is 1. The van der Waals surface area contributed by atoms with Gasteiger partial charge in [0, 0.05) is 12.5 Å². The van der Waals surface area contributed by atoms with Gasteiger partial charge in [-0.15, -0.1) is 0 Å². The Morgan fingerprint density at radius 1 is 1.03 bits per heavy atom. The molecule has 0 bridgehead atoms. The topological polar surface area (TPSA) is 83.8 Å². The molecule has 2 unspecified atom stereocenters. The molecule has 0 amide bonds. The Morgan fingerprint density at radius 3 is 2.13 bits per heavy atom. The van der Waals surface area contributed by atoms with E-state index in [1.165, 1.54) is 11.1 Å². The van der Waals surface area contributed by atoms with Gasteiger partial charge in [0.05, 0.1) is 11.3 Å². The van der Waals surface area contributed by atoms with E-state index in [0.717, 1.165) is 11.1 Å². The molecule has 164 valence electrons. The molecule has 2 aromatic carbocycles. The average molecular weight is 423 g/mol. The van der Waals surface area contributed by atoms with Crippen LogP contribution in [0.3, 0.4) is 0 Å². The first-order valence-corrected chi connectivity index (χ1v) is 11.0. The van der Waals surface area contributed by atoms with E-state index in [2.05, 4.69) is 24.3 Å². The maximum Gasteiger partial charge on any atom is 0.312 e. The molecule has 4 rings (SSSR count). The Bertz CT molecular complexity index is 949. The summed E-state index contributed by atoms with van der Waals surface area (Å²) in [6.07, 6.45) is 1.78. The summed E-state index contributed by atoms with van der Waals surface area (Å²) in [5.41, 5.74) is 2.97. The molecule has 2 N–H and O–H groups in total. The number of carboxylic acids is 1. The van der Waals surface area contributed by atoms with E-state index >= 15 is 0 Å². The second-order valence-electron chi connectivity index (χ2n) is 9.39. The van der Waals surface area contributed by atoms with Gasteiger partial charge in [-0.2, -0.15) is 0 Å². The van der Waals surface area contributed by atoms with Crippen molar-refractivity contribution in [1.29, 1.82) is 0 Å². The molecule has 2 aliphatic rings. The fourth-order valence-corrected chi connectivity index (χ4v) is 5.87. The van der Waals surface area contributed by atoms with Gasteiger partial charge in [-0.25, -0.2) is 0 Å². The van der Waals surface area contributed by atoms with E-state index in [1.54, 1.807) is 0 Å². The lowest BCUT2D eigenvalue weighted by Crippen LogP contribution is -2.46. The molecule has 1 saturated carbocycles. The van der Waals surface area contributed by atoms with Gasteiger partial charge in [0.15, 0.2) is 0 Å². The molecular weight excluding hydrogens is 392 g/mol. The van der Waals surface area contributed by atoms with Crippen molar-refractivity contribution in [3.63, 3.8) is 0 Å². The van der Waals surface area contributed by atoms with E-state index in [4.69, 9.17) is 4.74 Å². The zero-order valence-corrected chi connectivity index (χ0v) is 18.1. The van der Waals surface area contributed by atoms with Crippen LogP contribution in [-0.4, -0.2) is 35.4 Å². The fraction of sp³-hybridized carbons (Fsp3) is 0.462. The standard InChI is InChI=1S/C26H30O5/c1-25(2)22(23(28)29)12-14-26(25,13-7-15-27)24(30)31-16-21-19-10-5-3-8-17(19)18-9-4-6-11-20(18)21/h3-6,8-11,21-22,27H,7,12-16H2,1-2H3,(H,28,29). The zero-order chi connectivity index (χ0) is 22.2. The molecule has 2 aromatic rings. The molecule has 0 radical (unpaired) electrons. The normalized spacial score (nSPS) is 23.9. The predicted octanol–water partition coefficient (Wildman–Crippen LogP) is 4.62. The highest BCUT2D eigenvalue weighted by Gasteiger charge is 2.61. The van der Waals surface area contributed by atoms with Gasteiger partial charge < -0.3 is 14.9 Å². The van der Waals surface area contributed by atoms with E-state index in [9.17, 15) is 19.8 Å². The highest BCUT2D eigenvalue weighted by molar-refractivity contribution is 5.83. The highest BCUT2D eigenvalue weighted by atomic mass is 16.5. The summed E-state index contributed by atoms with van der Waals surface area (Å²) in [5, 5.41) is 19.1. The Hall–Kier alpha value is -2.66. The molecule has 0 aliphatic heterocycles.